The van der Waals surface area contributed by atoms with Crippen LogP contribution >= 0.6 is 11.6 Å². The van der Waals surface area contributed by atoms with Crippen LogP contribution in [0.3, 0.4) is 0 Å². The number of aromatic amines is 2. The van der Waals surface area contributed by atoms with Crippen molar-refractivity contribution in [3.05, 3.63) is 79.6 Å². The number of fused-ring (bicyclic) bond motifs is 2. The Hall–Kier alpha value is -2.99. The summed E-state index contributed by atoms with van der Waals surface area (Å²) in [4.78, 5) is 36.8. The van der Waals surface area contributed by atoms with Crippen LogP contribution in [0.5, 0.6) is 0 Å². The molecule has 4 aromatic heterocycles. The van der Waals surface area contributed by atoms with E-state index in [1.807, 2.05) is 38.1 Å². The number of aryl methyl sites for hydroxylation is 2. The van der Waals surface area contributed by atoms with E-state index in [4.69, 9.17) is 11.6 Å². The maximum Gasteiger partial charge on any atom is 0.226 e. The summed E-state index contributed by atoms with van der Waals surface area (Å²) < 4.78 is 0. The molecule has 0 aliphatic heterocycles. The van der Waals surface area contributed by atoms with E-state index < -0.39 is 0 Å². The van der Waals surface area contributed by atoms with Crippen molar-refractivity contribution in [1.82, 2.24) is 19.9 Å². The summed E-state index contributed by atoms with van der Waals surface area (Å²) in [5.74, 6) is 0. The molecule has 0 aliphatic rings. The lowest BCUT2D eigenvalue weighted by molar-refractivity contribution is 1.22. The number of halogens is 1. The molecule has 0 amide bonds. The zero-order valence-corrected chi connectivity index (χ0v) is 14.4. The van der Waals surface area contributed by atoms with Crippen molar-refractivity contribution in [1.29, 1.82) is 0 Å². The van der Waals surface area contributed by atoms with Crippen molar-refractivity contribution in [2.24, 2.45) is 0 Å². The second-order valence-electron chi connectivity index (χ2n) is 5.51. The van der Waals surface area contributed by atoms with Gasteiger partial charge in [0, 0.05) is 29.8 Å². The van der Waals surface area contributed by atoms with Gasteiger partial charge in [0.25, 0.3) is 0 Å². The molecule has 26 heavy (non-hydrogen) atoms. The highest BCUT2D eigenvalue weighted by atomic mass is 35.5. The zero-order chi connectivity index (χ0) is 18.0. The Morgan fingerprint density at radius 3 is 2.08 bits per heavy atom. The van der Waals surface area contributed by atoms with Crippen LogP contribution in [0.25, 0.3) is 22.1 Å². The fourth-order valence-corrected chi connectivity index (χ4v) is 2.46. The predicted molar refractivity (Wildman–Crippen MR) is 106 cm³/mol. The molecule has 0 saturated carbocycles. The summed E-state index contributed by atoms with van der Waals surface area (Å²) in [6.07, 6.45) is 3.10. The van der Waals surface area contributed by atoms with Crippen molar-refractivity contribution in [2.45, 2.75) is 21.3 Å². The van der Waals surface area contributed by atoms with Gasteiger partial charge < -0.3 is 9.97 Å². The van der Waals surface area contributed by atoms with E-state index in [0.717, 1.165) is 16.9 Å². The van der Waals surface area contributed by atoms with Gasteiger partial charge in [-0.1, -0.05) is 19.0 Å². The van der Waals surface area contributed by atoms with Crippen molar-refractivity contribution in [2.75, 3.05) is 0 Å². The van der Waals surface area contributed by atoms with Gasteiger partial charge in [0.15, 0.2) is 0 Å². The standard InChI is InChI=1S/C9H7ClN2O.C9H8N2O.CH4/c1-5-2-3-7-8(12-5)9(13)6(10)4-11-7;1-6-2-3-7-9(11-6)8(12)4-5-10-7;/h2-4H,1H3,(H,11,13);2-5H,1H3,(H,10,12);1H4. The molecule has 4 aromatic rings. The van der Waals surface area contributed by atoms with Crippen LogP contribution in [0.1, 0.15) is 18.8 Å². The fraction of sp³-hybridized carbons (Fsp3) is 0.158. The molecule has 4 heterocycles. The van der Waals surface area contributed by atoms with Crippen LogP contribution in [0.2, 0.25) is 5.02 Å². The Morgan fingerprint density at radius 1 is 0.846 bits per heavy atom. The molecule has 7 heteroatoms. The van der Waals surface area contributed by atoms with E-state index in [9.17, 15) is 9.59 Å². The quantitative estimate of drug-likeness (QED) is 0.493. The Kier molecular flexibility index (Phi) is 5.90. The predicted octanol–water partition coefficient (Wildman–Crippen LogP) is 3.75. The Balaban J connectivity index is 0.000000180. The number of hydrogen-bond donors (Lipinski definition) is 2. The third-order valence-corrected chi connectivity index (χ3v) is 3.84. The molecule has 0 bridgehead atoms. The summed E-state index contributed by atoms with van der Waals surface area (Å²) >= 11 is 5.66. The Morgan fingerprint density at radius 2 is 1.42 bits per heavy atom. The maximum atomic E-state index is 11.5. The van der Waals surface area contributed by atoms with Gasteiger partial charge in [0.2, 0.25) is 10.9 Å². The summed E-state index contributed by atoms with van der Waals surface area (Å²) in [7, 11) is 0. The molecule has 0 aromatic carbocycles. The summed E-state index contributed by atoms with van der Waals surface area (Å²) in [5, 5.41) is 0.172. The first-order valence-electron chi connectivity index (χ1n) is 7.55. The largest absolute Gasteiger partial charge is 0.360 e. The minimum atomic E-state index is -0.223. The lowest BCUT2D eigenvalue weighted by Gasteiger charge is -1.97. The monoisotopic (exact) mass is 370 g/mol. The molecule has 6 nitrogen and oxygen atoms in total. The highest BCUT2D eigenvalue weighted by molar-refractivity contribution is 6.30. The summed E-state index contributed by atoms with van der Waals surface area (Å²) in [5.41, 5.74) is 3.81. The molecular weight excluding hydrogens is 352 g/mol. The number of nitrogens with one attached hydrogen (secondary N) is 2. The van der Waals surface area contributed by atoms with E-state index in [1.54, 1.807) is 6.20 Å². The van der Waals surface area contributed by atoms with E-state index >= 15 is 0 Å². The number of pyridine rings is 4. The third-order valence-electron chi connectivity index (χ3n) is 3.56. The minimum absolute atomic E-state index is 0. The molecule has 0 spiro atoms. The number of rotatable bonds is 0. The topological polar surface area (TPSA) is 91.5 Å². The first-order chi connectivity index (χ1) is 12.0. The molecule has 134 valence electrons. The van der Waals surface area contributed by atoms with E-state index in [0.29, 0.717) is 16.6 Å². The van der Waals surface area contributed by atoms with Crippen LogP contribution in [-0.4, -0.2) is 19.9 Å². The van der Waals surface area contributed by atoms with Crippen molar-refractivity contribution in [3.8, 4) is 0 Å². The van der Waals surface area contributed by atoms with Crippen LogP contribution in [-0.2, 0) is 0 Å². The van der Waals surface area contributed by atoms with E-state index in [-0.39, 0.29) is 23.3 Å². The van der Waals surface area contributed by atoms with E-state index in [1.165, 1.54) is 12.3 Å². The van der Waals surface area contributed by atoms with Crippen LogP contribution in [0.15, 0.2) is 52.3 Å². The zero-order valence-electron chi connectivity index (χ0n) is 13.6. The number of H-pyrrole nitrogens is 2. The smallest absolute Gasteiger partial charge is 0.226 e. The van der Waals surface area contributed by atoms with Crippen LogP contribution in [0, 0.1) is 13.8 Å². The van der Waals surface area contributed by atoms with Crippen molar-refractivity contribution in [3.63, 3.8) is 0 Å². The van der Waals surface area contributed by atoms with Crippen molar-refractivity contribution < 1.29 is 0 Å². The summed E-state index contributed by atoms with van der Waals surface area (Å²) in [6.45, 7) is 3.70. The second kappa shape index (κ2) is 7.93. The third kappa shape index (κ3) is 3.97. The van der Waals surface area contributed by atoms with Gasteiger partial charge in [-0.15, -0.1) is 0 Å². The Bertz CT molecular complexity index is 1180. The molecule has 0 fully saturated rings. The Labute approximate surface area is 154 Å². The molecular formula is C19H19ClN4O2. The highest BCUT2D eigenvalue weighted by Crippen LogP contribution is 2.08. The SMILES string of the molecule is C.Cc1ccc2[nH]cc(Cl)c(=O)c2n1.Cc1ccc2[nH]ccc(=O)c2n1. The second-order valence-corrected chi connectivity index (χ2v) is 5.91. The van der Waals surface area contributed by atoms with Gasteiger partial charge in [0.05, 0.1) is 11.0 Å². The lowest BCUT2D eigenvalue weighted by atomic mass is 10.3. The lowest BCUT2D eigenvalue weighted by Crippen LogP contribution is -2.05. The molecule has 4 rings (SSSR count). The first kappa shape index (κ1) is 19.3. The summed E-state index contributed by atoms with van der Waals surface area (Å²) in [6, 6.07) is 8.87. The first-order valence-corrected chi connectivity index (χ1v) is 7.93. The molecule has 2 N–H and O–H groups in total. The normalized spacial score (nSPS) is 10.1. The molecule has 0 unspecified atom stereocenters. The molecule has 0 atom stereocenters. The minimum Gasteiger partial charge on any atom is -0.360 e. The molecule has 0 radical (unpaired) electrons. The molecule has 0 aliphatic carbocycles. The fourth-order valence-electron chi connectivity index (χ4n) is 2.31. The van der Waals surface area contributed by atoms with Gasteiger partial charge in [-0.3, -0.25) is 9.59 Å². The van der Waals surface area contributed by atoms with Gasteiger partial charge >= 0.3 is 0 Å². The van der Waals surface area contributed by atoms with Gasteiger partial charge in [-0.25, -0.2) is 9.97 Å². The van der Waals surface area contributed by atoms with E-state index in [2.05, 4.69) is 19.9 Å². The molecule has 0 saturated heterocycles. The van der Waals surface area contributed by atoms with Gasteiger partial charge in [-0.05, 0) is 38.1 Å². The maximum absolute atomic E-state index is 11.5. The average molecular weight is 371 g/mol. The number of hydrogen-bond acceptors (Lipinski definition) is 4. The number of aromatic nitrogens is 4. The van der Waals surface area contributed by atoms with Crippen LogP contribution < -0.4 is 10.9 Å². The van der Waals surface area contributed by atoms with Gasteiger partial charge in [0.1, 0.15) is 16.1 Å². The van der Waals surface area contributed by atoms with Gasteiger partial charge in [-0.2, -0.15) is 0 Å². The van der Waals surface area contributed by atoms with Crippen LogP contribution in [0.4, 0.5) is 0 Å². The van der Waals surface area contributed by atoms with Crippen molar-refractivity contribution >= 4 is 33.7 Å². The highest BCUT2D eigenvalue weighted by Gasteiger charge is 2.03. The average Bonchev–Trinajstić information content (AvgIpc) is 2.60. The number of nitrogens with zero attached hydrogens (tertiary/aromatic N) is 2.